The van der Waals surface area contributed by atoms with E-state index in [9.17, 15) is 8.78 Å². The molecule has 0 aromatic carbocycles. The largest absolute Gasteiger partial charge is 0.381 e. The average molecular weight is 229 g/mol. The molecule has 1 rings (SSSR count). The number of nitrogens with two attached hydrogens (primary N) is 1. The molecule has 0 saturated carbocycles. The zero-order valence-corrected chi connectivity index (χ0v) is 8.57. The number of alkyl halides is 3. The molecule has 0 aromatic heterocycles. The maximum atomic E-state index is 12.7. The molecule has 84 valence electrons. The van der Waals surface area contributed by atoms with E-state index < -0.39 is 11.4 Å². The molecule has 1 aliphatic rings. The monoisotopic (exact) mass is 228 g/mol. The lowest BCUT2D eigenvalue weighted by molar-refractivity contribution is 0.0179. The first kappa shape index (κ1) is 12.1. The molecule has 1 aliphatic heterocycles. The third-order valence-corrected chi connectivity index (χ3v) is 2.77. The molecule has 1 saturated heterocycles. The van der Waals surface area contributed by atoms with Crippen molar-refractivity contribution in [3.63, 3.8) is 0 Å². The summed E-state index contributed by atoms with van der Waals surface area (Å²) in [6.45, 7) is 1.27. The highest BCUT2D eigenvalue weighted by molar-refractivity contribution is 6.22. The van der Waals surface area contributed by atoms with Gasteiger partial charge in [-0.25, -0.2) is 5.43 Å². The van der Waals surface area contributed by atoms with E-state index in [1.54, 1.807) is 0 Å². The summed E-state index contributed by atoms with van der Waals surface area (Å²) in [4.78, 5) is 0. The number of nitrogens with one attached hydrogen (secondary N) is 1. The van der Waals surface area contributed by atoms with Gasteiger partial charge >= 0.3 is 5.38 Å². The van der Waals surface area contributed by atoms with Gasteiger partial charge in [0.1, 0.15) is 0 Å². The molecule has 1 atom stereocenters. The molecule has 6 heteroatoms. The molecule has 0 aromatic rings. The molecule has 3 nitrogen and oxygen atoms in total. The lowest BCUT2D eigenvalue weighted by Gasteiger charge is -2.28. The van der Waals surface area contributed by atoms with Crippen LogP contribution in [-0.2, 0) is 4.74 Å². The van der Waals surface area contributed by atoms with Crippen LogP contribution in [0.5, 0.6) is 0 Å². The topological polar surface area (TPSA) is 47.3 Å². The van der Waals surface area contributed by atoms with Gasteiger partial charge in [-0.3, -0.25) is 5.84 Å². The number of rotatable bonds is 4. The molecule has 0 spiro atoms. The first-order valence-corrected chi connectivity index (χ1v) is 5.02. The molecule has 0 radical (unpaired) electrons. The van der Waals surface area contributed by atoms with Crippen LogP contribution in [0.3, 0.4) is 0 Å². The Kier molecular flexibility index (Phi) is 4.50. The Morgan fingerprint density at radius 2 is 2.07 bits per heavy atom. The van der Waals surface area contributed by atoms with Gasteiger partial charge in [0, 0.05) is 13.2 Å². The Balaban J connectivity index is 2.39. The lowest BCUT2D eigenvalue weighted by Crippen LogP contribution is -2.47. The van der Waals surface area contributed by atoms with Crippen LogP contribution in [-0.4, -0.2) is 24.6 Å². The smallest absolute Gasteiger partial charge is 0.338 e. The maximum absolute atomic E-state index is 12.7. The van der Waals surface area contributed by atoms with Gasteiger partial charge in [-0.05, 0) is 36.8 Å². The summed E-state index contributed by atoms with van der Waals surface area (Å²) in [5.41, 5.74) is 2.07. The van der Waals surface area contributed by atoms with Crippen molar-refractivity contribution in [2.45, 2.75) is 30.7 Å². The van der Waals surface area contributed by atoms with Crippen molar-refractivity contribution in [2.75, 3.05) is 13.2 Å². The number of ether oxygens (including phenoxy) is 1. The molecule has 0 amide bonds. The van der Waals surface area contributed by atoms with E-state index >= 15 is 0 Å². The van der Waals surface area contributed by atoms with E-state index in [-0.39, 0.29) is 12.3 Å². The minimum absolute atomic E-state index is 0.217. The summed E-state index contributed by atoms with van der Waals surface area (Å²) in [5.74, 6) is 5.25. The first-order valence-electron chi connectivity index (χ1n) is 4.64. The number of halogens is 3. The summed E-state index contributed by atoms with van der Waals surface area (Å²) in [7, 11) is 0. The summed E-state index contributed by atoms with van der Waals surface area (Å²) in [6.07, 6.45) is 1.88. The van der Waals surface area contributed by atoms with Gasteiger partial charge < -0.3 is 4.74 Å². The van der Waals surface area contributed by atoms with Gasteiger partial charge in [0.05, 0.1) is 6.04 Å². The summed E-state index contributed by atoms with van der Waals surface area (Å²) in [5, 5.41) is -3.28. The number of hydrogen-bond donors (Lipinski definition) is 2. The zero-order chi connectivity index (χ0) is 10.6. The third kappa shape index (κ3) is 3.65. The van der Waals surface area contributed by atoms with Crippen molar-refractivity contribution in [3.8, 4) is 0 Å². The van der Waals surface area contributed by atoms with Gasteiger partial charge in [-0.2, -0.15) is 8.78 Å². The fourth-order valence-electron chi connectivity index (χ4n) is 1.61. The lowest BCUT2D eigenvalue weighted by atomic mass is 9.93. The Labute approximate surface area is 86.9 Å². The maximum Gasteiger partial charge on any atom is 0.338 e. The SMILES string of the molecule is NNC(CC1CCOCC1)C(F)(F)Cl. The van der Waals surface area contributed by atoms with Crippen LogP contribution in [0.25, 0.3) is 0 Å². The Morgan fingerprint density at radius 3 is 2.50 bits per heavy atom. The highest BCUT2D eigenvalue weighted by Crippen LogP contribution is 2.30. The molecule has 1 heterocycles. The van der Waals surface area contributed by atoms with Gasteiger partial charge in [0.25, 0.3) is 0 Å². The van der Waals surface area contributed by atoms with Crippen LogP contribution >= 0.6 is 11.6 Å². The predicted octanol–water partition coefficient (Wildman–Crippen LogP) is 1.47. The van der Waals surface area contributed by atoms with Gasteiger partial charge in [-0.1, -0.05) is 0 Å². The average Bonchev–Trinajstić information content (AvgIpc) is 2.14. The third-order valence-electron chi connectivity index (χ3n) is 2.51. The standard InChI is InChI=1S/C8H15ClF2N2O/c9-8(10,11)7(13-12)5-6-1-3-14-4-2-6/h6-7,13H,1-5,12H2. The van der Waals surface area contributed by atoms with Crippen LogP contribution in [0.1, 0.15) is 19.3 Å². The number of hydrazine groups is 1. The molecule has 0 bridgehead atoms. The van der Waals surface area contributed by atoms with Crippen molar-refractivity contribution < 1.29 is 13.5 Å². The van der Waals surface area contributed by atoms with Crippen LogP contribution in [0.4, 0.5) is 8.78 Å². The molecule has 1 unspecified atom stereocenters. The van der Waals surface area contributed by atoms with Crippen LogP contribution in [0, 0.1) is 5.92 Å². The fraction of sp³-hybridized carbons (Fsp3) is 1.00. The highest BCUT2D eigenvalue weighted by atomic mass is 35.5. The first-order chi connectivity index (χ1) is 6.54. The molecule has 1 fully saturated rings. The van der Waals surface area contributed by atoms with Gasteiger partial charge in [-0.15, -0.1) is 0 Å². The number of hydrogen-bond acceptors (Lipinski definition) is 3. The molecular formula is C8H15ClF2N2O. The second-order valence-corrected chi connectivity index (χ2v) is 4.06. The van der Waals surface area contributed by atoms with Gasteiger partial charge in [0.2, 0.25) is 0 Å². The Hall–Kier alpha value is 0.0300. The van der Waals surface area contributed by atoms with Gasteiger partial charge in [0.15, 0.2) is 0 Å². The second-order valence-electron chi connectivity index (χ2n) is 3.55. The van der Waals surface area contributed by atoms with Crippen molar-refractivity contribution in [1.29, 1.82) is 0 Å². The van der Waals surface area contributed by atoms with Crippen LogP contribution < -0.4 is 11.3 Å². The molecule has 3 N–H and O–H groups in total. The highest BCUT2D eigenvalue weighted by Gasteiger charge is 2.37. The minimum atomic E-state index is -3.28. The van der Waals surface area contributed by atoms with Crippen molar-refractivity contribution >= 4 is 11.6 Å². The predicted molar refractivity (Wildman–Crippen MR) is 50.1 cm³/mol. The van der Waals surface area contributed by atoms with E-state index in [1.807, 2.05) is 0 Å². The van der Waals surface area contributed by atoms with Crippen LogP contribution in [0.15, 0.2) is 0 Å². The molecular weight excluding hydrogens is 214 g/mol. The normalized spacial score (nSPS) is 22.3. The van der Waals surface area contributed by atoms with Crippen LogP contribution in [0.2, 0.25) is 0 Å². The van der Waals surface area contributed by atoms with E-state index in [4.69, 9.17) is 22.2 Å². The van der Waals surface area contributed by atoms with E-state index in [1.165, 1.54) is 0 Å². The van der Waals surface area contributed by atoms with E-state index in [2.05, 4.69) is 5.43 Å². The summed E-state index contributed by atoms with van der Waals surface area (Å²) < 4.78 is 30.6. The van der Waals surface area contributed by atoms with Crippen molar-refractivity contribution in [1.82, 2.24) is 5.43 Å². The summed E-state index contributed by atoms with van der Waals surface area (Å²) >= 11 is 4.91. The quantitative estimate of drug-likeness (QED) is 0.435. The molecule has 0 aliphatic carbocycles. The fourth-order valence-corrected chi connectivity index (χ4v) is 1.76. The Morgan fingerprint density at radius 1 is 1.50 bits per heavy atom. The van der Waals surface area contributed by atoms with Crippen molar-refractivity contribution in [2.24, 2.45) is 11.8 Å². The second kappa shape index (κ2) is 5.21. The summed E-state index contributed by atoms with van der Waals surface area (Å²) in [6, 6.07) is -1.16. The van der Waals surface area contributed by atoms with E-state index in [0.717, 1.165) is 12.8 Å². The van der Waals surface area contributed by atoms with Crippen molar-refractivity contribution in [3.05, 3.63) is 0 Å². The zero-order valence-electron chi connectivity index (χ0n) is 7.81. The Bertz CT molecular complexity index is 171. The molecule has 14 heavy (non-hydrogen) atoms. The van der Waals surface area contributed by atoms with E-state index in [0.29, 0.717) is 13.2 Å². The minimum Gasteiger partial charge on any atom is -0.381 e.